The van der Waals surface area contributed by atoms with Crippen LogP contribution in [0.2, 0.25) is 0 Å². The molecule has 2 N–H and O–H groups in total. The van der Waals surface area contributed by atoms with E-state index in [0.29, 0.717) is 13.1 Å². The normalized spacial score (nSPS) is 16.4. The minimum Gasteiger partial charge on any atom is -0.372 e. The molecule has 0 radical (unpaired) electrons. The molecule has 2 aromatic rings. The van der Waals surface area contributed by atoms with Gasteiger partial charge in [0.25, 0.3) is 0 Å². The summed E-state index contributed by atoms with van der Waals surface area (Å²) in [5.41, 5.74) is 3.05. The zero-order chi connectivity index (χ0) is 20.8. The van der Waals surface area contributed by atoms with Crippen molar-refractivity contribution >= 4 is 39.7 Å². The summed E-state index contributed by atoms with van der Waals surface area (Å²) in [5, 5.41) is 8.73. The van der Waals surface area contributed by atoms with Crippen LogP contribution in [0.3, 0.4) is 0 Å². The maximum absolute atomic E-state index is 12.9. The Labute approximate surface area is 176 Å². The van der Waals surface area contributed by atoms with Crippen LogP contribution in [0.1, 0.15) is 32.3 Å². The lowest BCUT2D eigenvalue weighted by atomic mass is 9.97. The highest BCUT2D eigenvalue weighted by Gasteiger charge is 2.29. The highest BCUT2D eigenvalue weighted by molar-refractivity contribution is 7.14. The third-order valence-corrected chi connectivity index (χ3v) is 6.21. The van der Waals surface area contributed by atoms with Gasteiger partial charge < -0.3 is 15.1 Å². The average Bonchev–Trinajstić information content (AvgIpc) is 3.24. The van der Waals surface area contributed by atoms with Crippen molar-refractivity contribution in [1.29, 1.82) is 0 Å². The zero-order valence-electron chi connectivity index (χ0n) is 17.4. The third kappa shape index (κ3) is 5.29. The number of nitrogens with zero attached hydrogens (tertiary/aromatic N) is 2. The van der Waals surface area contributed by atoms with E-state index in [1.54, 1.807) is 4.90 Å². The molecule has 3 rings (SSSR count). The van der Waals surface area contributed by atoms with E-state index in [2.05, 4.69) is 41.5 Å². The molecule has 1 aliphatic rings. The predicted octanol–water partition coefficient (Wildman–Crippen LogP) is 4.79. The van der Waals surface area contributed by atoms with Crippen molar-refractivity contribution in [3.63, 3.8) is 0 Å². The largest absolute Gasteiger partial charge is 0.372 e. The Hall–Kier alpha value is -2.54. The fourth-order valence-corrected chi connectivity index (χ4v) is 4.33. The topological polar surface area (TPSA) is 64.7 Å². The van der Waals surface area contributed by atoms with Crippen LogP contribution in [0.25, 0.3) is 0 Å². The van der Waals surface area contributed by atoms with Gasteiger partial charge in [0.05, 0.1) is 10.9 Å². The van der Waals surface area contributed by atoms with Gasteiger partial charge in [-0.2, -0.15) is 0 Å². The van der Waals surface area contributed by atoms with E-state index in [0.717, 1.165) is 42.2 Å². The molecule has 29 heavy (non-hydrogen) atoms. The minimum atomic E-state index is -0.195. The number of carbonyl (C=O) groups excluding carboxylic acids is 2. The lowest BCUT2D eigenvalue weighted by molar-refractivity contribution is -0.121. The number of hydrogen-bond donors (Lipinski definition) is 2. The number of rotatable bonds is 6. The van der Waals surface area contributed by atoms with Crippen molar-refractivity contribution in [2.75, 3.05) is 41.7 Å². The second-order valence-electron chi connectivity index (χ2n) is 7.35. The molecule has 0 bridgehead atoms. The highest BCUT2D eigenvalue weighted by atomic mass is 32.1. The van der Waals surface area contributed by atoms with Gasteiger partial charge in [-0.3, -0.25) is 10.1 Å². The van der Waals surface area contributed by atoms with Crippen LogP contribution < -0.4 is 15.5 Å². The summed E-state index contributed by atoms with van der Waals surface area (Å²) in [4.78, 5) is 29.4. The Morgan fingerprint density at radius 3 is 2.66 bits per heavy atom. The molecule has 1 saturated heterocycles. The number of piperidine rings is 1. The van der Waals surface area contributed by atoms with Crippen molar-refractivity contribution in [2.24, 2.45) is 5.92 Å². The molecule has 1 fully saturated rings. The summed E-state index contributed by atoms with van der Waals surface area (Å²) in [6, 6.07) is 9.79. The van der Waals surface area contributed by atoms with Gasteiger partial charge in [0, 0.05) is 37.6 Å². The van der Waals surface area contributed by atoms with Crippen LogP contribution in [0.5, 0.6) is 0 Å². The molecule has 2 heterocycles. The molecule has 7 heteroatoms. The van der Waals surface area contributed by atoms with Crippen LogP contribution in [-0.2, 0) is 4.79 Å². The van der Waals surface area contributed by atoms with Crippen LogP contribution >= 0.6 is 11.3 Å². The number of hydrogen-bond acceptors (Lipinski definition) is 4. The second-order valence-corrected chi connectivity index (χ2v) is 8.30. The number of carbonyl (C=O) groups is 2. The molecule has 1 aromatic heterocycles. The quantitative estimate of drug-likeness (QED) is 0.715. The number of likely N-dealkylation sites (tertiary alicyclic amines) is 1. The SMILES string of the molecule is CCN(CC)c1ccc(NC(=O)C2CCCN(C(=O)Nc3cccs3)C2)c(C)c1. The first-order chi connectivity index (χ1) is 14.0. The van der Waals surface area contributed by atoms with Crippen LogP contribution in [-0.4, -0.2) is 43.0 Å². The van der Waals surface area contributed by atoms with Gasteiger partial charge in [-0.05, 0) is 74.9 Å². The zero-order valence-corrected chi connectivity index (χ0v) is 18.2. The molecular formula is C22H30N4O2S. The summed E-state index contributed by atoms with van der Waals surface area (Å²) in [5.74, 6) is -0.211. The lowest BCUT2D eigenvalue weighted by Gasteiger charge is -2.32. The monoisotopic (exact) mass is 414 g/mol. The molecule has 0 spiro atoms. The van der Waals surface area contributed by atoms with Crippen LogP contribution in [0, 0.1) is 12.8 Å². The Kier molecular flexibility index (Phi) is 7.14. The van der Waals surface area contributed by atoms with Gasteiger partial charge in [0.2, 0.25) is 5.91 Å². The van der Waals surface area contributed by atoms with Gasteiger partial charge in [-0.15, -0.1) is 11.3 Å². The van der Waals surface area contributed by atoms with E-state index in [1.165, 1.54) is 17.0 Å². The Balaban J connectivity index is 1.60. The van der Waals surface area contributed by atoms with Crippen molar-refractivity contribution in [2.45, 2.75) is 33.6 Å². The molecular weight excluding hydrogens is 384 g/mol. The van der Waals surface area contributed by atoms with E-state index >= 15 is 0 Å². The number of anilines is 3. The molecule has 0 saturated carbocycles. The van der Waals surface area contributed by atoms with Crippen LogP contribution in [0.4, 0.5) is 21.2 Å². The number of nitrogens with one attached hydrogen (secondary N) is 2. The Morgan fingerprint density at radius 2 is 2.00 bits per heavy atom. The second kappa shape index (κ2) is 9.78. The first kappa shape index (κ1) is 21.2. The fourth-order valence-electron chi connectivity index (χ4n) is 3.72. The molecule has 6 nitrogen and oxygen atoms in total. The Morgan fingerprint density at radius 1 is 1.21 bits per heavy atom. The highest BCUT2D eigenvalue weighted by Crippen LogP contribution is 2.25. The standard InChI is InChI=1S/C22H30N4O2S/c1-4-25(5-2)18-10-11-19(16(3)14-18)23-21(27)17-8-6-12-26(15-17)22(28)24-20-9-7-13-29-20/h7,9-11,13-14,17H,4-6,8,12,15H2,1-3H3,(H,23,27)(H,24,28). The van der Waals surface area contributed by atoms with E-state index < -0.39 is 0 Å². The van der Waals surface area contributed by atoms with Crippen molar-refractivity contribution in [3.8, 4) is 0 Å². The van der Waals surface area contributed by atoms with E-state index in [-0.39, 0.29) is 17.9 Å². The molecule has 0 aliphatic carbocycles. The van der Waals surface area contributed by atoms with Crippen molar-refractivity contribution in [1.82, 2.24) is 4.90 Å². The number of benzene rings is 1. The number of amides is 3. The Bertz CT molecular complexity index is 833. The third-order valence-electron chi connectivity index (χ3n) is 5.43. The van der Waals surface area contributed by atoms with Gasteiger partial charge in [-0.25, -0.2) is 4.79 Å². The first-order valence-electron chi connectivity index (χ1n) is 10.3. The van der Waals surface area contributed by atoms with E-state index in [1.807, 2.05) is 30.5 Å². The van der Waals surface area contributed by atoms with Gasteiger partial charge >= 0.3 is 6.03 Å². The summed E-state index contributed by atoms with van der Waals surface area (Å²) < 4.78 is 0. The molecule has 3 amide bonds. The maximum Gasteiger partial charge on any atom is 0.322 e. The predicted molar refractivity (Wildman–Crippen MR) is 121 cm³/mol. The summed E-state index contributed by atoms with van der Waals surface area (Å²) >= 11 is 1.49. The van der Waals surface area contributed by atoms with E-state index in [4.69, 9.17) is 0 Å². The lowest BCUT2D eigenvalue weighted by Crippen LogP contribution is -2.45. The summed E-state index contributed by atoms with van der Waals surface area (Å²) in [6.07, 6.45) is 1.63. The minimum absolute atomic E-state index is 0.0164. The van der Waals surface area contributed by atoms with Gasteiger partial charge in [-0.1, -0.05) is 0 Å². The number of thiophene rings is 1. The molecule has 1 unspecified atom stereocenters. The summed E-state index contributed by atoms with van der Waals surface area (Å²) in [7, 11) is 0. The smallest absolute Gasteiger partial charge is 0.322 e. The fraction of sp³-hybridized carbons (Fsp3) is 0.455. The van der Waals surface area contributed by atoms with Gasteiger partial charge in [0.15, 0.2) is 0 Å². The van der Waals surface area contributed by atoms with Crippen LogP contribution in [0.15, 0.2) is 35.7 Å². The first-order valence-corrected chi connectivity index (χ1v) is 11.2. The number of aryl methyl sites for hydroxylation is 1. The van der Waals surface area contributed by atoms with E-state index in [9.17, 15) is 9.59 Å². The van der Waals surface area contributed by atoms with Crippen molar-refractivity contribution in [3.05, 3.63) is 41.3 Å². The average molecular weight is 415 g/mol. The molecule has 1 aromatic carbocycles. The van der Waals surface area contributed by atoms with Gasteiger partial charge in [0.1, 0.15) is 0 Å². The molecule has 1 atom stereocenters. The molecule has 156 valence electrons. The van der Waals surface area contributed by atoms with Crippen molar-refractivity contribution < 1.29 is 9.59 Å². The summed E-state index contributed by atoms with van der Waals surface area (Å²) in [6.45, 7) is 9.32. The number of urea groups is 1. The molecule has 1 aliphatic heterocycles. The maximum atomic E-state index is 12.9.